The Hall–Kier alpha value is -0.380. The van der Waals surface area contributed by atoms with Crippen molar-refractivity contribution in [2.24, 2.45) is 0 Å². The topological polar surface area (TPSA) is 21.3 Å². The molecule has 1 heterocycles. The second-order valence-electron chi connectivity index (χ2n) is 5.65. The maximum atomic E-state index is 5.71. The minimum atomic E-state index is 0.440. The van der Waals surface area contributed by atoms with Crippen LogP contribution < -0.4 is 5.32 Å². The molecular formula is C17H26BrNO. The molecule has 0 aliphatic carbocycles. The molecular weight excluding hydrogens is 314 g/mol. The molecule has 2 atom stereocenters. The van der Waals surface area contributed by atoms with Gasteiger partial charge in [0.15, 0.2) is 0 Å². The van der Waals surface area contributed by atoms with Crippen molar-refractivity contribution < 1.29 is 4.74 Å². The van der Waals surface area contributed by atoms with Crippen molar-refractivity contribution >= 4 is 15.9 Å². The van der Waals surface area contributed by atoms with Crippen molar-refractivity contribution in [3.8, 4) is 0 Å². The largest absolute Gasteiger partial charge is 0.378 e. The number of aryl methyl sites for hydroxylation is 1. The predicted octanol–water partition coefficient (Wildman–Crippen LogP) is 4.76. The van der Waals surface area contributed by atoms with E-state index in [0.717, 1.165) is 13.2 Å². The van der Waals surface area contributed by atoms with Gasteiger partial charge in [0.1, 0.15) is 0 Å². The number of halogens is 1. The number of ether oxygens (including phenoxy) is 1. The molecule has 1 aliphatic rings. The molecule has 2 rings (SSSR count). The van der Waals surface area contributed by atoms with Gasteiger partial charge in [0.25, 0.3) is 0 Å². The van der Waals surface area contributed by atoms with E-state index in [-0.39, 0.29) is 0 Å². The summed E-state index contributed by atoms with van der Waals surface area (Å²) in [5, 5.41) is 3.62. The molecule has 0 radical (unpaired) electrons. The Morgan fingerprint density at radius 3 is 3.00 bits per heavy atom. The summed E-state index contributed by atoms with van der Waals surface area (Å²) in [6, 6.07) is 6.98. The summed E-state index contributed by atoms with van der Waals surface area (Å²) < 4.78 is 6.97. The molecule has 1 aliphatic heterocycles. The fraction of sp³-hybridized carbons (Fsp3) is 0.647. The Morgan fingerprint density at radius 1 is 1.45 bits per heavy atom. The van der Waals surface area contributed by atoms with Gasteiger partial charge in [-0.2, -0.15) is 0 Å². The number of hydrogen-bond acceptors (Lipinski definition) is 2. The highest BCUT2D eigenvalue weighted by Crippen LogP contribution is 2.30. The molecule has 3 heteroatoms. The third kappa shape index (κ3) is 4.31. The average Bonchev–Trinajstić information content (AvgIpc) is 2.94. The van der Waals surface area contributed by atoms with Gasteiger partial charge in [-0.3, -0.25) is 0 Å². The molecule has 1 fully saturated rings. The smallest absolute Gasteiger partial charge is 0.0576 e. The van der Waals surface area contributed by atoms with Crippen LogP contribution >= 0.6 is 15.9 Å². The molecule has 0 aromatic heterocycles. The minimum absolute atomic E-state index is 0.440. The highest BCUT2D eigenvalue weighted by Gasteiger charge is 2.18. The number of nitrogens with one attached hydrogen (secondary N) is 1. The summed E-state index contributed by atoms with van der Waals surface area (Å²) in [4.78, 5) is 0. The van der Waals surface area contributed by atoms with E-state index in [1.165, 1.54) is 47.7 Å². The Morgan fingerprint density at radius 2 is 2.30 bits per heavy atom. The van der Waals surface area contributed by atoms with Gasteiger partial charge in [-0.1, -0.05) is 41.1 Å². The van der Waals surface area contributed by atoms with Crippen LogP contribution in [0.3, 0.4) is 0 Å². The zero-order valence-corrected chi connectivity index (χ0v) is 14.2. The fourth-order valence-electron chi connectivity index (χ4n) is 2.97. The van der Waals surface area contributed by atoms with Crippen LogP contribution in [0.15, 0.2) is 22.7 Å². The first-order chi connectivity index (χ1) is 9.72. The Labute approximate surface area is 131 Å². The van der Waals surface area contributed by atoms with Crippen LogP contribution in [-0.4, -0.2) is 19.3 Å². The first-order valence-corrected chi connectivity index (χ1v) is 8.61. The Balaban J connectivity index is 1.93. The maximum Gasteiger partial charge on any atom is 0.0576 e. The summed E-state index contributed by atoms with van der Waals surface area (Å²) >= 11 is 3.74. The lowest BCUT2D eigenvalue weighted by molar-refractivity contribution is 0.101. The van der Waals surface area contributed by atoms with Gasteiger partial charge < -0.3 is 10.1 Å². The van der Waals surface area contributed by atoms with Crippen LogP contribution in [0.25, 0.3) is 0 Å². The average molecular weight is 340 g/mol. The molecule has 1 saturated heterocycles. The zero-order chi connectivity index (χ0) is 14.4. The van der Waals surface area contributed by atoms with Gasteiger partial charge in [0.05, 0.1) is 6.10 Å². The highest BCUT2D eigenvalue weighted by molar-refractivity contribution is 9.10. The second-order valence-corrected chi connectivity index (χ2v) is 6.45. The number of benzene rings is 1. The highest BCUT2D eigenvalue weighted by atomic mass is 79.9. The number of hydrogen-bond donors (Lipinski definition) is 1. The van der Waals surface area contributed by atoms with Crippen LogP contribution in [0.4, 0.5) is 0 Å². The molecule has 1 N–H and O–H groups in total. The summed E-state index contributed by atoms with van der Waals surface area (Å²) in [5.74, 6) is 0. The van der Waals surface area contributed by atoms with Crippen molar-refractivity contribution in [1.29, 1.82) is 0 Å². The lowest BCUT2D eigenvalue weighted by atomic mass is 9.98. The summed E-state index contributed by atoms with van der Waals surface area (Å²) in [6.07, 6.45) is 6.60. The van der Waals surface area contributed by atoms with E-state index < -0.39 is 0 Å². The molecule has 112 valence electrons. The molecule has 0 bridgehead atoms. The van der Waals surface area contributed by atoms with E-state index in [1.807, 2.05) is 0 Å². The van der Waals surface area contributed by atoms with Gasteiger partial charge in [-0.25, -0.2) is 0 Å². The Kier molecular flexibility index (Phi) is 6.53. The monoisotopic (exact) mass is 339 g/mol. The van der Waals surface area contributed by atoms with Gasteiger partial charge in [-0.15, -0.1) is 0 Å². The minimum Gasteiger partial charge on any atom is -0.378 e. The lowest BCUT2D eigenvalue weighted by Crippen LogP contribution is -2.22. The predicted molar refractivity (Wildman–Crippen MR) is 88.1 cm³/mol. The standard InChI is InChI=1S/C17H26BrNO/c1-3-19-16(11-5-8-14-9-6-12-20-14)15-10-4-7-13(2)17(15)18/h4,7,10,14,16,19H,3,5-6,8-9,11-12H2,1-2H3. The summed E-state index contributed by atoms with van der Waals surface area (Å²) in [6.45, 7) is 6.30. The third-order valence-electron chi connectivity index (χ3n) is 4.09. The molecule has 0 saturated carbocycles. The summed E-state index contributed by atoms with van der Waals surface area (Å²) in [7, 11) is 0. The molecule has 0 spiro atoms. The second kappa shape index (κ2) is 8.16. The normalized spacial score (nSPS) is 20.2. The molecule has 1 aromatic rings. The maximum absolute atomic E-state index is 5.71. The first-order valence-electron chi connectivity index (χ1n) is 7.82. The molecule has 1 aromatic carbocycles. The van der Waals surface area contributed by atoms with Crippen LogP contribution in [0.1, 0.15) is 56.2 Å². The fourth-order valence-corrected chi connectivity index (χ4v) is 3.52. The van der Waals surface area contributed by atoms with Crippen LogP contribution in [-0.2, 0) is 4.74 Å². The van der Waals surface area contributed by atoms with Crippen molar-refractivity contribution in [3.63, 3.8) is 0 Å². The molecule has 0 amide bonds. The third-order valence-corrected chi connectivity index (χ3v) is 5.17. The van der Waals surface area contributed by atoms with Crippen molar-refractivity contribution in [2.75, 3.05) is 13.2 Å². The molecule has 20 heavy (non-hydrogen) atoms. The van der Waals surface area contributed by atoms with E-state index >= 15 is 0 Å². The van der Waals surface area contributed by atoms with Crippen molar-refractivity contribution in [1.82, 2.24) is 5.32 Å². The summed E-state index contributed by atoms with van der Waals surface area (Å²) in [5.41, 5.74) is 2.70. The van der Waals surface area contributed by atoms with Gasteiger partial charge in [0, 0.05) is 17.1 Å². The zero-order valence-electron chi connectivity index (χ0n) is 12.6. The molecule has 2 nitrogen and oxygen atoms in total. The van der Waals surface area contributed by atoms with Crippen molar-refractivity contribution in [2.45, 2.75) is 58.1 Å². The van der Waals surface area contributed by atoms with E-state index in [1.54, 1.807) is 0 Å². The van der Waals surface area contributed by atoms with Crippen molar-refractivity contribution in [3.05, 3.63) is 33.8 Å². The van der Waals surface area contributed by atoms with E-state index in [9.17, 15) is 0 Å². The number of rotatable bonds is 7. The Bertz CT molecular complexity index is 415. The van der Waals surface area contributed by atoms with Crippen LogP contribution in [0.2, 0.25) is 0 Å². The first kappa shape index (κ1) is 16.0. The van der Waals surface area contributed by atoms with Gasteiger partial charge in [-0.05, 0) is 56.7 Å². The van der Waals surface area contributed by atoms with Gasteiger partial charge >= 0.3 is 0 Å². The van der Waals surface area contributed by atoms with E-state index in [2.05, 4.69) is 53.3 Å². The van der Waals surface area contributed by atoms with Crippen LogP contribution in [0.5, 0.6) is 0 Å². The SMILES string of the molecule is CCNC(CCCC1CCCO1)c1cccc(C)c1Br. The quantitative estimate of drug-likeness (QED) is 0.773. The lowest BCUT2D eigenvalue weighted by Gasteiger charge is -2.21. The van der Waals surface area contributed by atoms with Gasteiger partial charge in [0.2, 0.25) is 0 Å². The van der Waals surface area contributed by atoms with Crippen LogP contribution in [0, 0.1) is 6.92 Å². The van der Waals surface area contributed by atoms with E-state index in [4.69, 9.17) is 4.74 Å². The molecule has 2 unspecified atom stereocenters. The van der Waals surface area contributed by atoms with E-state index in [0.29, 0.717) is 12.1 Å².